The molecule has 1 aliphatic heterocycles. The van der Waals surface area contributed by atoms with Crippen LogP contribution in [0.15, 0.2) is 0 Å². The largest absolute Gasteiger partial charge is 0.369 e. The standard InChI is InChI=1S/C8H15N5O/c1-14-6-13-4-2-3-7(5-13)8-9-11-12-10-8/h7H,2-6H2,1H3,(H,9,10,11,12). The molecule has 2 heterocycles. The molecule has 6 heteroatoms. The van der Waals surface area contributed by atoms with Gasteiger partial charge in [0.05, 0.1) is 6.73 Å². The molecule has 0 spiro atoms. The van der Waals surface area contributed by atoms with Gasteiger partial charge in [-0.2, -0.15) is 5.21 Å². The molecule has 0 saturated carbocycles. The van der Waals surface area contributed by atoms with Crippen molar-refractivity contribution < 1.29 is 4.74 Å². The van der Waals surface area contributed by atoms with Crippen LogP contribution in [0.5, 0.6) is 0 Å². The van der Waals surface area contributed by atoms with Gasteiger partial charge in [0, 0.05) is 26.1 Å². The molecule has 0 amide bonds. The van der Waals surface area contributed by atoms with Gasteiger partial charge in [-0.25, -0.2) is 0 Å². The topological polar surface area (TPSA) is 66.9 Å². The first-order valence-electron chi connectivity index (χ1n) is 4.85. The Morgan fingerprint density at radius 3 is 3.29 bits per heavy atom. The van der Waals surface area contributed by atoms with Crippen molar-refractivity contribution in [2.75, 3.05) is 26.9 Å². The van der Waals surface area contributed by atoms with Gasteiger partial charge < -0.3 is 4.74 Å². The second-order valence-electron chi connectivity index (χ2n) is 3.60. The van der Waals surface area contributed by atoms with Crippen molar-refractivity contribution in [2.24, 2.45) is 0 Å². The van der Waals surface area contributed by atoms with Gasteiger partial charge in [-0.15, -0.1) is 10.2 Å². The number of piperidine rings is 1. The van der Waals surface area contributed by atoms with Crippen LogP contribution in [-0.4, -0.2) is 52.5 Å². The van der Waals surface area contributed by atoms with E-state index >= 15 is 0 Å². The molecule has 1 fully saturated rings. The molecule has 6 nitrogen and oxygen atoms in total. The number of nitrogens with zero attached hydrogens (tertiary/aromatic N) is 4. The first-order chi connectivity index (χ1) is 6.90. The smallest absolute Gasteiger partial charge is 0.178 e. The third kappa shape index (κ3) is 2.08. The Morgan fingerprint density at radius 1 is 1.64 bits per heavy atom. The SMILES string of the molecule is COCN1CCCC(c2nn[nH]n2)C1. The summed E-state index contributed by atoms with van der Waals surface area (Å²) in [5.74, 6) is 1.23. The zero-order valence-corrected chi connectivity index (χ0v) is 8.31. The molecule has 1 saturated heterocycles. The number of tetrazole rings is 1. The van der Waals surface area contributed by atoms with Gasteiger partial charge >= 0.3 is 0 Å². The number of aromatic nitrogens is 4. The van der Waals surface area contributed by atoms with E-state index in [1.165, 1.54) is 6.42 Å². The molecular weight excluding hydrogens is 182 g/mol. The highest BCUT2D eigenvalue weighted by Crippen LogP contribution is 2.23. The molecule has 1 N–H and O–H groups in total. The number of likely N-dealkylation sites (tertiary alicyclic amines) is 1. The number of aromatic amines is 1. The minimum absolute atomic E-state index is 0.401. The fourth-order valence-electron chi connectivity index (χ4n) is 1.91. The zero-order chi connectivity index (χ0) is 9.80. The summed E-state index contributed by atoms with van der Waals surface area (Å²) >= 11 is 0. The van der Waals surface area contributed by atoms with E-state index in [-0.39, 0.29) is 0 Å². The van der Waals surface area contributed by atoms with Crippen LogP contribution in [0, 0.1) is 0 Å². The second-order valence-corrected chi connectivity index (χ2v) is 3.60. The van der Waals surface area contributed by atoms with E-state index in [1.54, 1.807) is 7.11 Å². The fraction of sp³-hybridized carbons (Fsp3) is 0.875. The molecule has 1 aliphatic rings. The predicted octanol–water partition coefficient (Wildman–Crippen LogP) is -0.0170. The maximum atomic E-state index is 5.11. The number of H-pyrrole nitrogens is 1. The highest BCUT2D eigenvalue weighted by Gasteiger charge is 2.23. The van der Waals surface area contributed by atoms with Crippen LogP contribution in [-0.2, 0) is 4.74 Å². The summed E-state index contributed by atoms with van der Waals surface area (Å²) in [5, 5.41) is 14.1. The number of hydrogen-bond donors (Lipinski definition) is 1. The van der Waals surface area contributed by atoms with Crippen LogP contribution in [0.3, 0.4) is 0 Å². The molecule has 0 aliphatic carbocycles. The van der Waals surface area contributed by atoms with Crippen LogP contribution in [0.4, 0.5) is 0 Å². The summed E-state index contributed by atoms with van der Waals surface area (Å²) < 4.78 is 5.11. The molecule has 1 atom stereocenters. The van der Waals surface area contributed by atoms with Gasteiger partial charge in [0.1, 0.15) is 0 Å². The van der Waals surface area contributed by atoms with Gasteiger partial charge in [0.2, 0.25) is 0 Å². The van der Waals surface area contributed by atoms with E-state index in [0.29, 0.717) is 12.6 Å². The van der Waals surface area contributed by atoms with Crippen molar-refractivity contribution in [3.05, 3.63) is 5.82 Å². The molecule has 1 aromatic heterocycles. The van der Waals surface area contributed by atoms with E-state index in [9.17, 15) is 0 Å². The second kappa shape index (κ2) is 4.47. The monoisotopic (exact) mass is 197 g/mol. The van der Waals surface area contributed by atoms with Gasteiger partial charge in [-0.05, 0) is 12.8 Å². The summed E-state index contributed by atoms with van der Waals surface area (Å²) in [6, 6.07) is 0. The van der Waals surface area contributed by atoms with E-state index in [2.05, 4.69) is 25.5 Å². The Balaban J connectivity index is 1.94. The van der Waals surface area contributed by atoms with Gasteiger partial charge in [-0.1, -0.05) is 5.21 Å². The van der Waals surface area contributed by atoms with Gasteiger partial charge in [-0.3, -0.25) is 4.90 Å². The summed E-state index contributed by atoms with van der Waals surface area (Å²) in [6.45, 7) is 2.75. The number of hydrogen-bond acceptors (Lipinski definition) is 5. The number of ether oxygens (including phenoxy) is 1. The maximum absolute atomic E-state index is 5.11. The minimum Gasteiger partial charge on any atom is -0.369 e. The lowest BCUT2D eigenvalue weighted by Gasteiger charge is -2.30. The summed E-state index contributed by atoms with van der Waals surface area (Å²) in [7, 11) is 1.72. The first-order valence-corrected chi connectivity index (χ1v) is 4.85. The first kappa shape index (κ1) is 9.54. The highest BCUT2D eigenvalue weighted by molar-refractivity contribution is 4.94. The Kier molecular flexibility index (Phi) is 3.05. The van der Waals surface area contributed by atoms with E-state index in [1.807, 2.05) is 0 Å². The van der Waals surface area contributed by atoms with Crippen LogP contribution in [0.1, 0.15) is 24.6 Å². The van der Waals surface area contributed by atoms with Crippen LogP contribution in [0.2, 0.25) is 0 Å². The maximum Gasteiger partial charge on any atom is 0.178 e. The summed E-state index contributed by atoms with van der Waals surface area (Å²) in [5.41, 5.74) is 0. The average molecular weight is 197 g/mol. The lowest BCUT2D eigenvalue weighted by atomic mass is 9.98. The fourth-order valence-corrected chi connectivity index (χ4v) is 1.91. The van der Waals surface area contributed by atoms with Crippen LogP contribution < -0.4 is 0 Å². The number of rotatable bonds is 3. The molecule has 2 rings (SSSR count). The molecule has 14 heavy (non-hydrogen) atoms. The lowest BCUT2D eigenvalue weighted by Crippen LogP contribution is -2.36. The lowest BCUT2D eigenvalue weighted by molar-refractivity contribution is 0.0438. The molecule has 0 bridgehead atoms. The zero-order valence-electron chi connectivity index (χ0n) is 8.31. The predicted molar refractivity (Wildman–Crippen MR) is 49.6 cm³/mol. The van der Waals surface area contributed by atoms with Crippen LogP contribution in [0.25, 0.3) is 0 Å². The molecule has 1 aromatic rings. The Labute approximate surface area is 82.6 Å². The number of methoxy groups -OCH3 is 1. The quantitative estimate of drug-likeness (QED) is 0.737. The third-order valence-electron chi connectivity index (χ3n) is 2.54. The van der Waals surface area contributed by atoms with Crippen molar-refractivity contribution in [1.29, 1.82) is 0 Å². The minimum atomic E-state index is 0.401. The molecule has 78 valence electrons. The number of nitrogens with one attached hydrogen (secondary N) is 1. The third-order valence-corrected chi connectivity index (χ3v) is 2.54. The van der Waals surface area contributed by atoms with Crippen molar-refractivity contribution in [1.82, 2.24) is 25.5 Å². The average Bonchev–Trinajstić information content (AvgIpc) is 2.71. The Morgan fingerprint density at radius 2 is 2.57 bits per heavy atom. The van der Waals surface area contributed by atoms with Crippen molar-refractivity contribution in [3.63, 3.8) is 0 Å². The van der Waals surface area contributed by atoms with Crippen molar-refractivity contribution in [2.45, 2.75) is 18.8 Å². The van der Waals surface area contributed by atoms with Crippen molar-refractivity contribution >= 4 is 0 Å². The molecule has 0 radical (unpaired) electrons. The summed E-state index contributed by atoms with van der Waals surface area (Å²) in [6.07, 6.45) is 2.31. The van der Waals surface area contributed by atoms with E-state index in [0.717, 1.165) is 25.3 Å². The van der Waals surface area contributed by atoms with Crippen molar-refractivity contribution in [3.8, 4) is 0 Å². The van der Waals surface area contributed by atoms with E-state index in [4.69, 9.17) is 4.74 Å². The van der Waals surface area contributed by atoms with Crippen LogP contribution >= 0.6 is 0 Å². The Hall–Kier alpha value is -1.01. The van der Waals surface area contributed by atoms with Gasteiger partial charge in [0.15, 0.2) is 5.82 Å². The normalized spacial score (nSPS) is 23.9. The molecular formula is C8H15N5O. The molecule has 1 unspecified atom stereocenters. The van der Waals surface area contributed by atoms with Gasteiger partial charge in [0.25, 0.3) is 0 Å². The van der Waals surface area contributed by atoms with E-state index < -0.39 is 0 Å². The Bertz CT molecular complexity index is 261. The highest BCUT2D eigenvalue weighted by atomic mass is 16.5. The summed E-state index contributed by atoms with van der Waals surface area (Å²) in [4.78, 5) is 2.27. The molecule has 0 aromatic carbocycles.